The molecule has 1 fully saturated rings. The molecule has 2 aromatic rings. The van der Waals surface area contributed by atoms with Gasteiger partial charge in [0.1, 0.15) is 4.21 Å². The standard InChI is InChI=1S/C16H21ClN4O2S3/c1-20(2)26(22,23)15-7-6-14(24-15)25-19-13-5-3-4-12(17)16(13)21-10-8-18-9-11-21/h3-7,18-19H,8-11H2,1-2H3. The fraction of sp³-hybridized carbons (Fsp3) is 0.375. The maximum Gasteiger partial charge on any atom is 0.252 e. The summed E-state index contributed by atoms with van der Waals surface area (Å²) < 4.78 is 30.2. The molecule has 0 unspecified atom stereocenters. The van der Waals surface area contributed by atoms with Crippen molar-refractivity contribution in [3.63, 3.8) is 0 Å². The number of hydrogen-bond donors (Lipinski definition) is 2. The van der Waals surface area contributed by atoms with Crippen molar-refractivity contribution in [3.05, 3.63) is 35.4 Å². The zero-order valence-corrected chi connectivity index (χ0v) is 17.7. The molecule has 1 aromatic heterocycles. The van der Waals surface area contributed by atoms with Crippen molar-refractivity contribution in [2.45, 2.75) is 8.42 Å². The Labute approximate surface area is 167 Å². The van der Waals surface area contributed by atoms with Gasteiger partial charge in [-0.1, -0.05) is 17.7 Å². The predicted molar refractivity (Wildman–Crippen MR) is 111 cm³/mol. The van der Waals surface area contributed by atoms with Crippen LogP contribution in [-0.2, 0) is 10.0 Å². The van der Waals surface area contributed by atoms with Crippen LogP contribution in [0, 0.1) is 0 Å². The highest BCUT2D eigenvalue weighted by Gasteiger charge is 2.21. The minimum atomic E-state index is -3.40. The van der Waals surface area contributed by atoms with E-state index in [4.69, 9.17) is 11.6 Å². The van der Waals surface area contributed by atoms with Gasteiger partial charge in [-0.25, -0.2) is 12.7 Å². The monoisotopic (exact) mass is 432 g/mol. The number of benzene rings is 1. The second-order valence-electron chi connectivity index (χ2n) is 5.94. The molecule has 1 aliphatic rings. The number of sulfonamides is 1. The largest absolute Gasteiger partial charge is 0.366 e. The van der Waals surface area contributed by atoms with E-state index in [1.165, 1.54) is 41.7 Å². The van der Waals surface area contributed by atoms with Gasteiger partial charge >= 0.3 is 0 Å². The highest BCUT2D eigenvalue weighted by molar-refractivity contribution is 8.02. The van der Waals surface area contributed by atoms with E-state index in [1.807, 2.05) is 24.3 Å². The zero-order valence-electron chi connectivity index (χ0n) is 14.5. The molecule has 0 radical (unpaired) electrons. The van der Waals surface area contributed by atoms with E-state index in [1.54, 1.807) is 6.07 Å². The number of halogens is 1. The Hall–Kier alpha value is -0.970. The molecular weight excluding hydrogens is 412 g/mol. The number of nitrogens with zero attached hydrogens (tertiary/aromatic N) is 2. The fourth-order valence-electron chi connectivity index (χ4n) is 2.59. The van der Waals surface area contributed by atoms with Crippen molar-refractivity contribution < 1.29 is 8.42 Å². The van der Waals surface area contributed by atoms with Crippen LogP contribution < -0.4 is 14.9 Å². The summed E-state index contributed by atoms with van der Waals surface area (Å²) >= 11 is 9.09. The minimum Gasteiger partial charge on any atom is -0.366 e. The Kier molecular flexibility index (Phi) is 6.37. The highest BCUT2D eigenvalue weighted by Crippen LogP contribution is 2.38. The van der Waals surface area contributed by atoms with E-state index in [0.29, 0.717) is 9.23 Å². The molecule has 26 heavy (non-hydrogen) atoms. The molecule has 0 atom stereocenters. The van der Waals surface area contributed by atoms with Gasteiger partial charge in [0.15, 0.2) is 0 Å². The Bertz CT molecular complexity index is 864. The maximum absolute atomic E-state index is 12.2. The summed E-state index contributed by atoms with van der Waals surface area (Å²) in [7, 11) is -0.329. The number of rotatable bonds is 6. The van der Waals surface area contributed by atoms with Crippen molar-refractivity contribution in [1.29, 1.82) is 0 Å². The summed E-state index contributed by atoms with van der Waals surface area (Å²) in [4.78, 5) is 2.26. The van der Waals surface area contributed by atoms with Gasteiger partial charge in [0.2, 0.25) is 0 Å². The highest BCUT2D eigenvalue weighted by atomic mass is 35.5. The van der Waals surface area contributed by atoms with Crippen LogP contribution in [-0.4, -0.2) is 53.0 Å². The van der Waals surface area contributed by atoms with Gasteiger partial charge in [-0.2, -0.15) is 0 Å². The second-order valence-corrected chi connectivity index (χ2v) is 10.9. The van der Waals surface area contributed by atoms with E-state index < -0.39 is 10.0 Å². The van der Waals surface area contributed by atoms with Gasteiger partial charge in [-0.3, -0.25) is 0 Å². The molecule has 10 heteroatoms. The van der Waals surface area contributed by atoms with E-state index in [0.717, 1.165) is 41.8 Å². The first-order chi connectivity index (χ1) is 12.4. The van der Waals surface area contributed by atoms with E-state index in [9.17, 15) is 8.42 Å². The summed E-state index contributed by atoms with van der Waals surface area (Å²) in [6.07, 6.45) is 0. The van der Waals surface area contributed by atoms with Gasteiger partial charge < -0.3 is 14.9 Å². The van der Waals surface area contributed by atoms with Gasteiger partial charge in [0.05, 0.1) is 20.6 Å². The normalized spacial score (nSPS) is 15.5. The quantitative estimate of drug-likeness (QED) is 0.683. The van der Waals surface area contributed by atoms with Crippen LogP contribution in [0.5, 0.6) is 0 Å². The lowest BCUT2D eigenvalue weighted by atomic mass is 10.2. The SMILES string of the molecule is CN(C)S(=O)(=O)c1ccc(SNc2cccc(Cl)c2N2CCNCC2)s1. The number of piperazine rings is 1. The summed E-state index contributed by atoms with van der Waals surface area (Å²) in [5.41, 5.74) is 1.91. The first-order valence-corrected chi connectivity index (χ1v) is 11.5. The Morgan fingerprint density at radius 3 is 2.65 bits per heavy atom. The van der Waals surface area contributed by atoms with Crippen LogP contribution in [0.4, 0.5) is 11.4 Å². The van der Waals surface area contributed by atoms with E-state index in [2.05, 4.69) is 14.9 Å². The molecule has 0 bridgehead atoms. The van der Waals surface area contributed by atoms with Crippen LogP contribution >= 0.6 is 34.9 Å². The third-order valence-corrected chi connectivity index (χ3v) is 8.60. The van der Waals surface area contributed by atoms with E-state index >= 15 is 0 Å². The Balaban J connectivity index is 1.76. The number of hydrogen-bond acceptors (Lipinski definition) is 7. The average Bonchev–Trinajstić information content (AvgIpc) is 3.10. The topological polar surface area (TPSA) is 64.7 Å². The summed E-state index contributed by atoms with van der Waals surface area (Å²) in [6.45, 7) is 3.64. The molecule has 0 aliphatic carbocycles. The molecule has 1 aromatic carbocycles. The van der Waals surface area contributed by atoms with Crippen molar-refractivity contribution >= 4 is 56.3 Å². The van der Waals surface area contributed by atoms with E-state index in [-0.39, 0.29) is 0 Å². The first-order valence-electron chi connectivity index (χ1n) is 8.09. The first kappa shape index (κ1) is 19.8. The van der Waals surface area contributed by atoms with Crippen LogP contribution in [0.15, 0.2) is 38.8 Å². The number of anilines is 2. The van der Waals surface area contributed by atoms with Crippen LogP contribution in [0.3, 0.4) is 0 Å². The van der Waals surface area contributed by atoms with Crippen molar-refractivity contribution in [2.75, 3.05) is 49.9 Å². The van der Waals surface area contributed by atoms with Gasteiger partial charge in [-0.05, 0) is 36.2 Å². The molecule has 1 saturated heterocycles. The lowest BCUT2D eigenvalue weighted by Crippen LogP contribution is -2.43. The fourth-order valence-corrected chi connectivity index (χ4v) is 6.32. The minimum absolute atomic E-state index is 0.334. The van der Waals surface area contributed by atoms with Gasteiger partial charge in [0.25, 0.3) is 10.0 Å². The summed E-state index contributed by atoms with van der Waals surface area (Å²) in [5.74, 6) is 0. The molecule has 0 saturated carbocycles. The van der Waals surface area contributed by atoms with Crippen molar-refractivity contribution in [2.24, 2.45) is 0 Å². The van der Waals surface area contributed by atoms with Gasteiger partial charge in [-0.15, -0.1) is 11.3 Å². The smallest absolute Gasteiger partial charge is 0.252 e. The van der Waals surface area contributed by atoms with Crippen molar-refractivity contribution in [3.8, 4) is 0 Å². The molecule has 142 valence electrons. The predicted octanol–water partition coefficient (Wildman–Crippen LogP) is 3.18. The second kappa shape index (κ2) is 8.37. The summed E-state index contributed by atoms with van der Waals surface area (Å²) in [5, 5.41) is 4.05. The molecule has 2 heterocycles. The van der Waals surface area contributed by atoms with Crippen LogP contribution in [0.2, 0.25) is 5.02 Å². The third-order valence-electron chi connectivity index (χ3n) is 3.97. The molecule has 2 N–H and O–H groups in total. The molecule has 3 rings (SSSR count). The number of thiophene rings is 1. The molecular formula is C16H21ClN4O2S3. The molecule has 1 aliphatic heterocycles. The molecule has 0 amide bonds. The zero-order chi connectivity index (χ0) is 18.7. The Morgan fingerprint density at radius 1 is 1.23 bits per heavy atom. The van der Waals surface area contributed by atoms with Crippen molar-refractivity contribution in [1.82, 2.24) is 9.62 Å². The average molecular weight is 433 g/mol. The van der Waals surface area contributed by atoms with Crippen LogP contribution in [0.25, 0.3) is 0 Å². The molecule has 6 nitrogen and oxygen atoms in total. The number of para-hydroxylation sites is 1. The van der Waals surface area contributed by atoms with Gasteiger partial charge in [0, 0.05) is 40.3 Å². The number of nitrogens with one attached hydrogen (secondary N) is 2. The van der Waals surface area contributed by atoms with Crippen LogP contribution in [0.1, 0.15) is 0 Å². The Morgan fingerprint density at radius 2 is 1.96 bits per heavy atom. The maximum atomic E-state index is 12.2. The molecule has 0 spiro atoms. The summed E-state index contributed by atoms with van der Waals surface area (Å²) in [6, 6.07) is 9.24. The lowest BCUT2D eigenvalue weighted by molar-refractivity contribution is 0.523. The lowest BCUT2D eigenvalue weighted by Gasteiger charge is -2.31. The third kappa shape index (κ3) is 4.29.